The highest BCUT2D eigenvalue weighted by Gasteiger charge is 2.19. The Morgan fingerprint density at radius 2 is 1.90 bits per heavy atom. The van der Waals surface area contributed by atoms with E-state index in [0.717, 1.165) is 41.0 Å². The van der Waals surface area contributed by atoms with Crippen molar-refractivity contribution in [2.24, 2.45) is 0 Å². The van der Waals surface area contributed by atoms with Crippen molar-refractivity contribution in [3.8, 4) is 11.5 Å². The molecule has 1 fully saturated rings. The summed E-state index contributed by atoms with van der Waals surface area (Å²) in [5, 5.41) is 0. The summed E-state index contributed by atoms with van der Waals surface area (Å²) < 4.78 is 30.0. The van der Waals surface area contributed by atoms with Gasteiger partial charge in [0, 0.05) is 27.6 Å². The summed E-state index contributed by atoms with van der Waals surface area (Å²) >= 11 is 3.53. The molecule has 0 N–H and O–H groups in total. The zero-order valence-electron chi connectivity index (χ0n) is 11.8. The van der Waals surface area contributed by atoms with Gasteiger partial charge in [-0.05, 0) is 37.0 Å². The van der Waals surface area contributed by atoms with Gasteiger partial charge in [0.2, 0.25) is 0 Å². The second kappa shape index (κ2) is 7.11. The van der Waals surface area contributed by atoms with Crippen molar-refractivity contribution in [3.63, 3.8) is 0 Å². The third-order valence-corrected chi connectivity index (χ3v) is 5.79. The molecule has 3 rings (SSSR count). The number of rotatable bonds is 4. The Morgan fingerprint density at radius 1 is 1.14 bits per heavy atom. The van der Waals surface area contributed by atoms with Crippen LogP contribution in [0.4, 0.5) is 0 Å². The van der Waals surface area contributed by atoms with Gasteiger partial charge >= 0.3 is 0 Å². The zero-order valence-corrected chi connectivity index (χ0v) is 14.2. The molecule has 2 heterocycles. The maximum atomic E-state index is 12.3. The van der Waals surface area contributed by atoms with E-state index < -0.39 is 10.8 Å². The maximum Gasteiger partial charge on any atom is 0.162 e. The molecule has 6 heteroatoms. The van der Waals surface area contributed by atoms with Crippen molar-refractivity contribution >= 4 is 26.7 Å². The fraction of sp³-hybridized carbons (Fsp3) is 0.600. The summed E-state index contributed by atoms with van der Waals surface area (Å²) in [6.45, 7) is 1.94. The largest absolute Gasteiger partial charge is 0.486 e. The Morgan fingerprint density at radius 3 is 2.62 bits per heavy atom. The molecule has 2 aliphatic rings. The SMILES string of the molecule is O=S(Cc1cc2c(cc1Br)OCCO2)CC1CCCCO1. The first-order valence-corrected chi connectivity index (χ1v) is 9.55. The summed E-state index contributed by atoms with van der Waals surface area (Å²) in [7, 11) is -0.931. The third kappa shape index (κ3) is 3.99. The number of ether oxygens (including phenoxy) is 3. The summed E-state index contributed by atoms with van der Waals surface area (Å²) in [4.78, 5) is 0. The van der Waals surface area contributed by atoms with Gasteiger partial charge in [-0.3, -0.25) is 4.21 Å². The maximum absolute atomic E-state index is 12.3. The highest BCUT2D eigenvalue weighted by atomic mass is 79.9. The van der Waals surface area contributed by atoms with Gasteiger partial charge in [0.25, 0.3) is 0 Å². The fourth-order valence-electron chi connectivity index (χ4n) is 2.60. The molecule has 1 aromatic carbocycles. The topological polar surface area (TPSA) is 44.8 Å². The van der Waals surface area contributed by atoms with Crippen molar-refractivity contribution in [1.29, 1.82) is 0 Å². The van der Waals surface area contributed by atoms with Gasteiger partial charge in [-0.15, -0.1) is 0 Å². The van der Waals surface area contributed by atoms with E-state index in [0.29, 0.717) is 24.7 Å². The Balaban J connectivity index is 1.65. The van der Waals surface area contributed by atoms with Crippen molar-refractivity contribution in [2.75, 3.05) is 25.6 Å². The lowest BCUT2D eigenvalue weighted by Crippen LogP contribution is -2.25. The van der Waals surface area contributed by atoms with Crippen LogP contribution in [0.15, 0.2) is 16.6 Å². The van der Waals surface area contributed by atoms with E-state index in [1.165, 1.54) is 6.42 Å². The highest BCUT2D eigenvalue weighted by molar-refractivity contribution is 9.10. The Hall–Kier alpha value is -0.590. The molecule has 4 nitrogen and oxygen atoms in total. The minimum atomic E-state index is -0.931. The van der Waals surface area contributed by atoms with Crippen LogP contribution >= 0.6 is 15.9 Å². The quantitative estimate of drug-likeness (QED) is 0.812. The molecule has 2 atom stereocenters. The Labute approximate surface area is 135 Å². The normalized spacial score (nSPS) is 22.8. The number of hydrogen-bond donors (Lipinski definition) is 0. The van der Waals surface area contributed by atoms with Crippen LogP contribution in [0.1, 0.15) is 24.8 Å². The molecule has 0 amide bonds. The molecule has 1 saturated heterocycles. The Bertz CT molecular complexity index is 529. The minimum absolute atomic E-state index is 0.149. The first-order chi connectivity index (χ1) is 10.2. The molecule has 2 unspecified atom stereocenters. The second-order valence-electron chi connectivity index (χ2n) is 5.33. The number of fused-ring (bicyclic) bond motifs is 1. The first-order valence-electron chi connectivity index (χ1n) is 7.27. The van der Waals surface area contributed by atoms with E-state index in [1.807, 2.05) is 12.1 Å². The molecule has 116 valence electrons. The van der Waals surface area contributed by atoms with E-state index in [4.69, 9.17) is 14.2 Å². The minimum Gasteiger partial charge on any atom is -0.486 e. The molecule has 0 saturated carbocycles. The monoisotopic (exact) mass is 374 g/mol. The van der Waals surface area contributed by atoms with Crippen LogP contribution in [0.2, 0.25) is 0 Å². The van der Waals surface area contributed by atoms with Crippen molar-refractivity contribution in [2.45, 2.75) is 31.1 Å². The average Bonchev–Trinajstić information content (AvgIpc) is 2.49. The lowest BCUT2D eigenvalue weighted by molar-refractivity contribution is 0.0310. The fourth-order valence-corrected chi connectivity index (χ4v) is 4.62. The van der Waals surface area contributed by atoms with E-state index in [9.17, 15) is 4.21 Å². The molecule has 0 aliphatic carbocycles. The molecular weight excluding hydrogens is 356 g/mol. The van der Waals surface area contributed by atoms with Crippen LogP contribution in [0.5, 0.6) is 11.5 Å². The van der Waals surface area contributed by atoms with Crippen LogP contribution in [0.25, 0.3) is 0 Å². The lowest BCUT2D eigenvalue weighted by atomic mass is 10.1. The van der Waals surface area contributed by atoms with Crippen LogP contribution in [0, 0.1) is 0 Å². The summed E-state index contributed by atoms with van der Waals surface area (Å²) in [5.41, 5.74) is 0.994. The van der Waals surface area contributed by atoms with Crippen molar-refractivity contribution in [3.05, 3.63) is 22.2 Å². The van der Waals surface area contributed by atoms with E-state index in [2.05, 4.69) is 15.9 Å². The summed E-state index contributed by atoms with van der Waals surface area (Å²) in [5.74, 6) is 2.61. The molecule has 2 aliphatic heterocycles. The highest BCUT2D eigenvalue weighted by Crippen LogP contribution is 2.36. The third-order valence-electron chi connectivity index (χ3n) is 3.67. The second-order valence-corrected chi connectivity index (χ2v) is 7.68. The van der Waals surface area contributed by atoms with Gasteiger partial charge < -0.3 is 14.2 Å². The Kier molecular flexibility index (Phi) is 5.19. The van der Waals surface area contributed by atoms with Crippen LogP contribution in [0.3, 0.4) is 0 Å². The van der Waals surface area contributed by atoms with Crippen LogP contribution < -0.4 is 9.47 Å². The summed E-state index contributed by atoms with van der Waals surface area (Å²) in [6, 6.07) is 3.83. The summed E-state index contributed by atoms with van der Waals surface area (Å²) in [6.07, 6.45) is 3.47. The molecule has 0 radical (unpaired) electrons. The predicted octanol–water partition coefficient (Wildman–Crippen LogP) is 3.04. The zero-order chi connectivity index (χ0) is 14.7. The molecule has 1 aromatic rings. The van der Waals surface area contributed by atoms with Gasteiger partial charge in [0.15, 0.2) is 11.5 Å². The lowest BCUT2D eigenvalue weighted by Gasteiger charge is -2.22. The van der Waals surface area contributed by atoms with Crippen molar-refractivity contribution in [1.82, 2.24) is 0 Å². The average molecular weight is 375 g/mol. The molecular formula is C15H19BrO4S. The molecule has 0 spiro atoms. The molecule has 0 bridgehead atoms. The number of benzene rings is 1. The van der Waals surface area contributed by atoms with E-state index in [-0.39, 0.29) is 6.10 Å². The van der Waals surface area contributed by atoms with Gasteiger partial charge in [-0.1, -0.05) is 15.9 Å². The van der Waals surface area contributed by atoms with Gasteiger partial charge in [-0.25, -0.2) is 0 Å². The molecule has 0 aromatic heterocycles. The van der Waals surface area contributed by atoms with Gasteiger partial charge in [0.1, 0.15) is 13.2 Å². The smallest absolute Gasteiger partial charge is 0.162 e. The first kappa shape index (κ1) is 15.3. The number of halogens is 1. The number of hydrogen-bond acceptors (Lipinski definition) is 4. The van der Waals surface area contributed by atoms with Crippen LogP contribution in [-0.4, -0.2) is 35.9 Å². The van der Waals surface area contributed by atoms with E-state index in [1.54, 1.807) is 0 Å². The van der Waals surface area contributed by atoms with Gasteiger partial charge in [-0.2, -0.15) is 0 Å². The van der Waals surface area contributed by atoms with E-state index >= 15 is 0 Å². The standard InChI is InChI=1S/C15H19BrO4S/c16-13-8-15-14(19-5-6-20-15)7-11(13)9-21(17)10-12-3-1-2-4-18-12/h7-8,12H,1-6,9-10H2. The predicted molar refractivity (Wildman–Crippen MR) is 85.4 cm³/mol. The molecule has 21 heavy (non-hydrogen) atoms. The van der Waals surface area contributed by atoms with Crippen LogP contribution in [-0.2, 0) is 21.3 Å². The van der Waals surface area contributed by atoms with Crippen molar-refractivity contribution < 1.29 is 18.4 Å². The van der Waals surface area contributed by atoms with Gasteiger partial charge in [0.05, 0.1) is 11.9 Å².